The molecule has 1 heterocycles. The first-order valence-corrected chi connectivity index (χ1v) is 6.12. The van der Waals surface area contributed by atoms with Gasteiger partial charge >= 0.3 is 0 Å². The summed E-state index contributed by atoms with van der Waals surface area (Å²) in [4.78, 5) is 0. The summed E-state index contributed by atoms with van der Waals surface area (Å²) in [5.41, 5.74) is 7.13. The van der Waals surface area contributed by atoms with Crippen LogP contribution in [0.15, 0.2) is 48.3 Å². The minimum atomic E-state index is 0.322. The second-order valence-electron chi connectivity index (χ2n) is 4.32. The van der Waals surface area contributed by atoms with Crippen molar-refractivity contribution in [2.24, 2.45) is 11.7 Å². The fraction of sp³-hybridized carbons (Fsp3) is 0.429. The maximum atomic E-state index is 5.67. The molecule has 0 aromatic carbocycles. The Morgan fingerprint density at radius 3 is 2.94 bits per heavy atom. The zero-order valence-corrected chi connectivity index (χ0v) is 9.97. The molecular weight excluding hydrogens is 214 g/mol. The van der Waals surface area contributed by atoms with Crippen molar-refractivity contribution >= 4 is 0 Å². The van der Waals surface area contributed by atoms with Gasteiger partial charge in [-0.25, -0.2) is 0 Å². The summed E-state index contributed by atoms with van der Waals surface area (Å²) < 4.78 is 10.6. The molecule has 2 aliphatic rings. The van der Waals surface area contributed by atoms with Gasteiger partial charge in [-0.1, -0.05) is 23.8 Å². The van der Waals surface area contributed by atoms with Crippen molar-refractivity contribution in [3.8, 4) is 0 Å². The lowest BCUT2D eigenvalue weighted by Crippen LogP contribution is -2.14. The van der Waals surface area contributed by atoms with Gasteiger partial charge in [0.25, 0.3) is 0 Å². The largest absolute Gasteiger partial charge is 0.466 e. The first kappa shape index (κ1) is 12.0. The van der Waals surface area contributed by atoms with Crippen LogP contribution in [0, 0.1) is 5.92 Å². The van der Waals surface area contributed by atoms with Crippen molar-refractivity contribution in [2.45, 2.75) is 25.7 Å². The number of rotatable bonds is 5. The van der Waals surface area contributed by atoms with Crippen LogP contribution in [-0.4, -0.2) is 6.54 Å². The molecule has 2 N–H and O–H groups in total. The first-order chi connectivity index (χ1) is 8.40. The standard InChI is InChI=1S/C14H19NO2/c15-7-6-13(14-11-16-8-9-17-14)10-12-4-2-1-3-5-12/h1-2,4,8-9,11,13H,3,5-7,10,15H2. The molecular formula is C14H19NO2. The van der Waals surface area contributed by atoms with Crippen LogP contribution in [0.4, 0.5) is 0 Å². The van der Waals surface area contributed by atoms with Gasteiger partial charge in [0.15, 0.2) is 0 Å². The van der Waals surface area contributed by atoms with E-state index in [1.54, 1.807) is 12.5 Å². The molecule has 0 saturated heterocycles. The SMILES string of the molecule is NCCC(CC1=CC=CCC1)C1=COC=CO1. The van der Waals surface area contributed by atoms with E-state index in [9.17, 15) is 0 Å². The molecule has 0 aromatic rings. The number of nitrogens with two attached hydrogens (primary N) is 1. The molecule has 1 unspecified atom stereocenters. The van der Waals surface area contributed by atoms with Crippen LogP contribution in [0.1, 0.15) is 25.7 Å². The van der Waals surface area contributed by atoms with Crippen LogP contribution in [0.3, 0.4) is 0 Å². The molecule has 1 atom stereocenters. The van der Waals surface area contributed by atoms with Gasteiger partial charge in [-0.15, -0.1) is 0 Å². The van der Waals surface area contributed by atoms with Gasteiger partial charge in [0.1, 0.15) is 24.5 Å². The number of hydrogen-bond donors (Lipinski definition) is 1. The molecule has 1 aliphatic heterocycles. The molecule has 92 valence electrons. The Kier molecular flexibility index (Phi) is 4.45. The lowest BCUT2D eigenvalue weighted by Gasteiger charge is -2.22. The molecule has 3 heteroatoms. The van der Waals surface area contributed by atoms with Gasteiger partial charge in [-0.2, -0.15) is 0 Å². The molecule has 0 fully saturated rings. The molecule has 0 bridgehead atoms. The minimum Gasteiger partial charge on any atom is -0.466 e. The highest BCUT2D eigenvalue weighted by molar-refractivity contribution is 5.19. The van der Waals surface area contributed by atoms with E-state index in [4.69, 9.17) is 15.2 Å². The summed E-state index contributed by atoms with van der Waals surface area (Å²) in [6.07, 6.45) is 15.5. The van der Waals surface area contributed by atoms with Crippen LogP contribution in [-0.2, 0) is 9.47 Å². The second kappa shape index (κ2) is 6.30. The summed E-state index contributed by atoms with van der Waals surface area (Å²) in [5.74, 6) is 1.20. The number of hydrogen-bond acceptors (Lipinski definition) is 3. The molecule has 0 aromatic heterocycles. The lowest BCUT2D eigenvalue weighted by atomic mass is 9.90. The second-order valence-corrected chi connectivity index (χ2v) is 4.32. The Labute approximate surface area is 102 Å². The highest BCUT2D eigenvalue weighted by Crippen LogP contribution is 2.29. The van der Waals surface area contributed by atoms with Crippen molar-refractivity contribution in [2.75, 3.05) is 6.54 Å². The van der Waals surface area contributed by atoms with Crippen LogP contribution in [0.25, 0.3) is 0 Å². The van der Waals surface area contributed by atoms with E-state index >= 15 is 0 Å². The number of allylic oxidation sites excluding steroid dienone is 5. The third-order valence-electron chi connectivity index (χ3n) is 3.05. The van der Waals surface area contributed by atoms with Crippen molar-refractivity contribution in [1.29, 1.82) is 0 Å². The fourth-order valence-electron chi connectivity index (χ4n) is 2.15. The lowest BCUT2D eigenvalue weighted by molar-refractivity contribution is 0.214. The van der Waals surface area contributed by atoms with Crippen LogP contribution in [0.2, 0.25) is 0 Å². The molecule has 0 amide bonds. The van der Waals surface area contributed by atoms with Gasteiger partial charge in [0.05, 0.1) is 0 Å². The van der Waals surface area contributed by atoms with Crippen LogP contribution >= 0.6 is 0 Å². The Morgan fingerprint density at radius 2 is 2.29 bits per heavy atom. The van der Waals surface area contributed by atoms with E-state index in [2.05, 4.69) is 18.2 Å². The molecule has 0 saturated carbocycles. The van der Waals surface area contributed by atoms with E-state index in [0.717, 1.165) is 31.4 Å². The molecule has 0 radical (unpaired) electrons. The zero-order chi connectivity index (χ0) is 11.9. The van der Waals surface area contributed by atoms with Crippen LogP contribution < -0.4 is 5.73 Å². The predicted molar refractivity (Wildman–Crippen MR) is 67.6 cm³/mol. The Bertz CT molecular complexity index is 366. The molecule has 1 aliphatic carbocycles. The van der Waals surface area contributed by atoms with Gasteiger partial charge in [0.2, 0.25) is 0 Å². The topological polar surface area (TPSA) is 44.5 Å². The average molecular weight is 233 g/mol. The number of ether oxygens (including phenoxy) is 2. The van der Waals surface area contributed by atoms with Gasteiger partial charge < -0.3 is 15.2 Å². The smallest absolute Gasteiger partial charge is 0.142 e. The van der Waals surface area contributed by atoms with Gasteiger partial charge in [0, 0.05) is 5.92 Å². The quantitative estimate of drug-likeness (QED) is 0.794. The predicted octanol–water partition coefficient (Wildman–Crippen LogP) is 2.98. The molecule has 0 spiro atoms. The Hall–Kier alpha value is -1.48. The highest BCUT2D eigenvalue weighted by Gasteiger charge is 2.19. The highest BCUT2D eigenvalue weighted by atomic mass is 16.5. The minimum absolute atomic E-state index is 0.322. The van der Waals surface area contributed by atoms with Gasteiger partial charge in [-0.3, -0.25) is 0 Å². The maximum Gasteiger partial charge on any atom is 0.142 e. The summed E-state index contributed by atoms with van der Waals surface area (Å²) in [5, 5.41) is 0. The Balaban J connectivity index is 1.98. The van der Waals surface area contributed by atoms with Crippen LogP contribution in [0.5, 0.6) is 0 Å². The molecule has 17 heavy (non-hydrogen) atoms. The fourth-order valence-corrected chi connectivity index (χ4v) is 2.15. The van der Waals surface area contributed by atoms with Crippen molar-refractivity contribution in [3.63, 3.8) is 0 Å². The summed E-state index contributed by atoms with van der Waals surface area (Å²) >= 11 is 0. The Morgan fingerprint density at radius 1 is 1.35 bits per heavy atom. The van der Waals surface area contributed by atoms with E-state index in [1.165, 1.54) is 11.8 Å². The van der Waals surface area contributed by atoms with Gasteiger partial charge in [-0.05, 0) is 32.2 Å². The summed E-state index contributed by atoms with van der Waals surface area (Å²) in [6, 6.07) is 0. The summed E-state index contributed by atoms with van der Waals surface area (Å²) in [7, 11) is 0. The third kappa shape index (κ3) is 3.49. The average Bonchev–Trinajstić information content (AvgIpc) is 2.40. The zero-order valence-electron chi connectivity index (χ0n) is 9.97. The van der Waals surface area contributed by atoms with Crippen molar-refractivity contribution < 1.29 is 9.47 Å². The van der Waals surface area contributed by atoms with E-state index in [0.29, 0.717) is 12.5 Å². The third-order valence-corrected chi connectivity index (χ3v) is 3.05. The van der Waals surface area contributed by atoms with E-state index in [1.807, 2.05) is 0 Å². The molecule has 3 nitrogen and oxygen atoms in total. The maximum absolute atomic E-state index is 5.67. The first-order valence-electron chi connectivity index (χ1n) is 6.12. The van der Waals surface area contributed by atoms with Crippen molar-refractivity contribution in [3.05, 3.63) is 48.3 Å². The van der Waals surface area contributed by atoms with E-state index < -0.39 is 0 Å². The monoisotopic (exact) mass is 233 g/mol. The van der Waals surface area contributed by atoms with Crippen molar-refractivity contribution in [1.82, 2.24) is 0 Å². The molecule has 2 rings (SSSR count). The summed E-state index contributed by atoms with van der Waals surface area (Å²) in [6.45, 7) is 0.665. The van der Waals surface area contributed by atoms with E-state index in [-0.39, 0.29) is 0 Å². The normalized spacial score (nSPS) is 20.1.